The maximum Gasteiger partial charge on any atom is 0.254 e. The van der Waals surface area contributed by atoms with Crippen molar-refractivity contribution in [2.24, 2.45) is 0 Å². The lowest BCUT2D eigenvalue weighted by molar-refractivity contribution is 0.0800. The number of benzene rings is 1. The minimum Gasteiger partial charge on any atom is -0.341 e. The van der Waals surface area contributed by atoms with Crippen LogP contribution in [0.5, 0.6) is 0 Å². The van der Waals surface area contributed by atoms with Crippen molar-refractivity contribution >= 4 is 30.3 Å². The molecule has 0 bridgehead atoms. The zero-order chi connectivity index (χ0) is 11.3. The van der Waals surface area contributed by atoms with Crippen LogP contribution in [0, 0.1) is 0 Å². The second-order valence-corrected chi connectivity index (χ2v) is 4.70. The monoisotopic (exact) mass is 241 g/mol. The van der Waals surface area contributed by atoms with Crippen LogP contribution in [0.15, 0.2) is 29.2 Å². The van der Waals surface area contributed by atoms with Gasteiger partial charge in [0, 0.05) is 24.2 Å². The van der Waals surface area contributed by atoms with Gasteiger partial charge in [-0.25, -0.2) is 0 Å². The van der Waals surface area contributed by atoms with E-state index in [9.17, 15) is 4.79 Å². The Labute approximate surface area is 100 Å². The van der Waals surface area contributed by atoms with Gasteiger partial charge in [-0.15, -0.1) is 12.6 Å². The van der Waals surface area contributed by atoms with Crippen LogP contribution in [0.2, 0.25) is 0 Å². The van der Waals surface area contributed by atoms with E-state index < -0.39 is 0 Å². The number of thiol groups is 1. The fourth-order valence-corrected chi connectivity index (χ4v) is 1.90. The van der Waals surface area contributed by atoms with Gasteiger partial charge in [0.05, 0.1) is 5.56 Å². The third-order valence-corrected chi connectivity index (χ3v) is 3.09. The first-order valence-electron chi connectivity index (χ1n) is 4.69. The third-order valence-electron chi connectivity index (χ3n) is 2.11. The molecule has 0 aliphatic rings. The van der Waals surface area contributed by atoms with E-state index >= 15 is 0 Å². The van der Waals surface area contributed by atoms with E-state index in [-0.39, 0.29) is 5.91 Å². The Morgan fingerprint density at radius 3 is 2.73 bits per heavy atom. The van der Waals surface area contributed by atoms with Gasteiger partial charge in [-0.05, 0) is 18.4 Å². The first-order chi connectivity index (χ1) is 7.16. The molecule has 0 aliphatic heterocycles. The highest BCUT2D eigenvalue weighted by atomic mass is 32.2. The van der Waals surface area contributed by atoms with Crippen LogP contribution in [-0.4, -0.2) is 36.4 Å². The van der Waals surface area contributed by atoms with Gasteiger partial charge >= 0.3 is 0 Å². The summed E-state index contributed by atoms with van der Waals surface area (Å²) in [5.41, 5.74) is 0.671. The number of thioether (sulfide) groups is 1. The predicted octanol–water partition coefficient (Wildman–Crippen LogP) is 2.41. The number of hydrogen-bond donors (Lipinski definition) is 1. The molecule has 1 aromatic rings. The highest BCUT2D eigenvalue weighted by Crippen LogP contribution is 2.14. The van der Waals surface area contributed by atoms with Gasteiger partial charge in [0.25, 0.3) is 5.91 Å². The normalized spacial score (nSPS) is 10.1. The molecule has 0 aliphatic carbocycles. The topological polar surface area (TPSA) is 20.3 Å². The Balaban J connectivity index is 2.72. The lowest BCUT2D eigenvalue weighted by Gasteiger charge is -2.17. The minimum atomic E-state index is 0.0367. The standard InChI is InChI=1S/C11H15NOS2/c1-12(7-8-15-2)11(13)9-5-3-4-6-10(9)14/h3-6,14H,7-8H2,1-2H3. The summed E-state index contributed by atoms with van der Waals surface area (Å²) in [6.07, 6.45) is 2.03. The van der Waals surface area contributed by atoms with Crippen LogP contribution in [0.25, 0.3) is 0 Å². The first kappa shape index (κ1) is 12.5. The van der Waals surface area contributed by atoms with E-state index in [4.69, 9.17) is 0 Å². The number of carbonyl (C=O) groups excluding carboxylic acids is 1. The smallest absolute Gasteiger partial charge is 0.254 e. The molecule has 0 fully saturated rings. The summed E-state index contributed by atoms with van der Waals surface area (Å²) in [5, 5.41) is 0. The Morgan fingerprint density at radius 1 is 1.47 bits per heavy atom. The molecule has 0 N–H and O–H groups in total. The minimum absolute atomic E-state index is 0.0367. The second kappa shape index (κ2) is 6.08. The van der Waals surface area contributed by atoms with Crippen molar-refractivity contribution in [2.45, 2.75) is 4.90 Å². The summed E-state index contributed by atoms with van der Waals surface area (Å²) in [4.78, 5) is 14.4. The Bertz CT molecular complexity index is 341. The molecule has 0 heterocycles. The van der Waals surface area contributed by atoms with Crippen molar-refractivity contribution in [1.82, 2.24) is 4.90 Å². The average molecular weight is 241 g/mol. The Morgan fingerprint density at radius 2 is 2.13 bits per heavy atom. The SMILES string of the molecule is CSCCN(C)C(=O)c1ccccc1S. The van der Waals surface area contributed by atoms with Gasteiger partial charge in [0.2, 0.25) is 0 Å². The summed E-state index contributed by atoms with van der Waals surface area (Å²) < 4.78 is 0. The van der Waals surface area contributed by atoms with Crippen molar-refractivity contribution in [3.8, 4) is 0 Å². The maximum absolute atomic E-state index is 11.9. The molecule has 0 unspecified atom stereocenters. The van der Waals surface area contributed by atoms with Crippen LogP contribution in [0.3, 0.4) is 0 Å². The molecule has 1 aromatic carbocycles. The van der Waals surface area contributed by atoms with Gasteiger partial charge in [0.15, 0.2) is 0 Å². The largest absolute Gasteiger partial charge is 0.341 e. The van der Waals surface area contributed by atoms with Crippen LogP contribution in [0.4, 0.5) is 0 Å². The number of amides is 1. The van der Waals surface area contributed by atoms with E-state index in [1.54, 1.807) is 22.7 Å². The molecule has 4 heteroatoms. The van der Waals surface area contributed by atoms with Crippen LogP contribution in [-0.2, 0) is 0 Å². The summed E-state index contributed by atoms with van der Waals surface area (Å²) in [5.74, 6) is 0.992. The van der Waals surface area contributed by atoms with Crippen molar-refractivity contribution in [3.05, 3.63) is 29.8 Å². The van der Waals surface area contributed by atoms with Gasteiger partial charge in [-0.3, -0.25) is 4.79 Å². The average Bonchev–Trinajstić information content (AvgIpc) is 2.25. The summed E-state index contributed by atoms with van der Waals surface area (Å²) >= 11 is 6.00. The van der Waals surface area contributed by atoms with Gasteiger partial charge in [0.1, 0.15) is 0 Å². The van der Waals surface area contributed by atoms with Crippen molar-refractivity contribution in [3.63, 3.8) is 0 Å². The molecular formula is C11H15NOS2. The van der Waals surface area contributed by atoms with E-state index in [1.807, 2.05) is 31.5 Å². The van der Waals surface area contributed by atoms with Gasteiger partial charge in [-0.2, -0.15) is 11.8 Å². The van der Waals surface area contributed by atoms with E-state index in [2.05, 4.69) is 12.6 Å². The third kappa shape index (κ3) is 3.47. The van der Waals surface area contributed by atoms with E-state index in [0.717, 1.165) is 17.2 Å². The molecule has 0 atom stereocenters. The summed E-state index contributed by atoms with van der Waals surface area (Å²) in [7, 11) is 1.82. The first-order valence-corrected chi connectivity index (χ1v) is 6.53. The zero-order valence-corrected chi connectivity index (χ0v) is 10.6. The van der Waals surface area contributed by atoms with E-state index in [0.29, 0.717) is 5.56 Å². The van der Waals surface area contributed by atoms with Gasteiger partial charge < -0.3 is 4.90 Å². The molecule has 1 amide bonds. The number of hydrogen-bond acceptors (Lipinski definition) is 3. The number of nitrogens with zero attached hydrogens (tertiary/aromatic N) is 1. The molecule has 2 nitrogen and oxygen atoms in total. The molecular weight excluding hydrogens is 226 g/mol. The summed E-state index contributed by atoms with van der Waals surface area (Å²) in [6, 6.07) is 7.37. The molecule has 0 aromatic heterocycles. The van der Waals surface area contributed by atoms with Crippen molar-refractivity contribution in [2.75, 3.05) is 25.6 Å². The fraction of sp³-hybridized carbons (Fsp3) is 0.364. The molecule has 0 saturated carbocycles. The van der Waals surface area contributed by atoms with Crippen molar-refractivity contribution < 1.29 is 4.79 Å². The number of carbonyl (C=O) groups is 1. The van der Waals surface area contributed by atoms with Gasteiger partial charge in [-0.1, -0.05) is 12.1 Å². The fourth-order valence-electron chi connectivity index (χ4n) is 1.19. The lowest BCUT2D eigenvalue weighted by atomic mass is 10.2. The zero-order valence-electron chi connectivity index (χ0n) is 8.93. The summed E-state index contributed by atoms with van der Waals surface area (Å²) in [6.45, 7) is 0.766. The molecule has 15 heavy (non-hydrogen) atoms. The Hall–Kier alpha value is -0.610. The maximum atomic E-state index is 11.9. The Kier molecular flexibility index (Phi) is 5.05. The molecule has 0 spiro atoms. The number of rotatable bonds is 4. The van der Waals surface area contributed by atoms with Crippen LogP contribution < -0.4 is 0 Å². The quantitative estimate of drug-likeness (QED) is 0.817. The molecule has 0 saturated heterocycles. The predicted molar refractivity (Wildman–Crippen MR) is 69.0 cm³/mol. The molecule has 0 radical (unpaired) electrons. The molecule has 1 rings (SSSR count). The second-order valence-electron chi connectivity index (χ2n) is 3.24. The molecule has 82 valence electrons. The van der Waals surface area contributed by atoms with Crippen LogP contribution in [0.1, 0.15) is 10.4 Å². The lowest BCUT2D eigenvalue weighted by Crippen LogP contribution is -2.29. The van der Waals surface area contributed by atoms with Crippen molar-refractivity contribution in [1.29, 1.82) is 0 Å². The highest BCUT2D eigenvalue weighted by molar-refractivity contribution is 7.98. The van der Waals surface area contributed by atoms with E-state index in [1.165, 1.54) is 0 Å². The van der Waals surface area contributed by atoms with Crippen LogP contribution >= 0.6 is 24.4 Å². The highest BCUT2D eigenvalue weighted by Gasteiger charge is 2.12.